The topological polar surface area (TPSA) is 29.3 Å². The van der Waals surface area contributed by atoms with E-state index >= 15 is 0 Å². The van der Waals surface area contributed by atoms with Gasteiger partial charge in [-0.2, -0.15) is 0 Å². The Balaban J connectivity index is 1.79. The number of nitrogens with two attached hydrogens (primary N) is 1. The third-order valence-electron chi connectivity index (χ3n) is 4.24. The van der Waals surface area contributed by atoms with Crippen molar-refractivity contribution in [3.8, 4) is 0 Å². The molecule has 18 heavy (non-hydrogen) atoms. The highest BCUT2D eigenvalue weighted by atomic mass is 15.2. The normalized spacial score (nSPS) is 25.2. The zero-order chi connectivity index (χ0) is 13.0. The van der Waals surface area contributed by atoms with Crippen molar-refractivity contribution in [3.05, 3.63) is 29.8 Å². The summed E-state index contributed by atoms with van der Waals surface area (Å²) < 4.78 is 0. The smallest absolute Gasteiger partial charge is 0.0314 e. The van der Waals surface area contributed by atoms with Gasteiger partial charge in [-0.1, -0.05) is 18.6 Å². The highest BCUT2D eigenvalue weighted by Gasteiger charge is 2.23. The Hall–Kier alpha value is -1.02. The summed E-state index contributed by atoms with van der Waals surface area (Å²) >= 11 is 0. The van der Waals surface area contributed by atoms with Gasteiger partial charge in [-0.3, -0.25) is 4.90 Å². The fraction of sp³-hybridized carbons (Fsp3) is 0.625. The van der Waals surface area contributed by atoms with Crippen LogP contribution < -0.4 is 5.73 Å². The maximum absolute atomic E-state index is 5.70. The molecule has 0 radical (unpaired) electrons. The van der Waals surface area contributed by atoms with E-state index in [1.165, 1.54) is 37.8 Å². The first-order valence-corrected chi connectivity index (χ1v) is 7.27. The van der Waals surface area contributed by atoms with Crippen LogP contribution in [0.3, 0.4) is 0 Å². The third-order valence-corrected chi connectivity index (χ3v) is 4.24. The summed E-state index contributed by atoms with van der Waals surface area (Å²) in [6, 6.07) is 9.83. The van der Waals surface area contributed by atoms with Crippen molar-refractivity contribution in [2.45, 2.75) is 58.0 Å². The highest BCUT2D eigenvalue weighted by molar-refractivity contribution is 5.39. The van der Waals surface area contributed by atoms with Gasteiger partial charge in [0, 0.05) is 17.8 Å². The van der Waals surface area contributed by atoms with Gasteiger partial charge in [0.25, 0.3) is 0 Å². The van der Waals surface area contributed by atoms with Crippen molar-refractivity contribution in [1.29, 1.82) is 0 Å². The maximum atomic E-state index is 5.70. The van der Waals surface area contributed by atoms with Crippen molar-refractivity contribution in [2.75, 3.05) is 12.3 Å². The van der Waals surface area contributed by atoms with Crippen LogP contribution >= 0.6 is 0 Å². The molecule has 2 N–H and O–H groups in total. The number of benzene rings is 1. The van der Waals surface area contributed by atoms with E-state index in [2.05, 4.69) is 30.9 Å². The molecule has 2 nitrogen and oxygen atoms in total. The molecule has 0 amide bonds. The molecule has 1 aliphatic heterocycles. The molecule has 0 saturated carbocycles. The molecule has 1 saturated heterocycles. The van der Waals surface area contributed by atoms with Crippen molar-refractivity contribution in [1.82, 2.24) is 4.90 Å². The van der Waals surface area contributed by atoms with E-state index in [1.54, 1.807) is 0 Å². The Morgan fingerprint density at radius 3 is 2.33 bits per heavy atom. The largest absolute Gasteiger partial charge is 0.399 e. The molecule has 0 aliphatic carbocycles. The van der Waals surface area contributed by atoms with Gasteiger partial charge in [0.1, 0.15) is 0 Å². The van der Waals surface area contributed by atoms with Gasteiger partial charge in [-0.05, 0) is 63.8 Å². The van der Waals surface area contributed by atoms with Gasteiger partial charge in [0.2, 0.25) is 0 Å². The van der Waals surface area contributed by atoms with Crippen LogP contribution in [-0.4, -0.2) is 23.5 Å². The summed E-state index contributed by atoms with van der Waals surface area (Å²) in [5.41, 5.74) is 7.96. The lowest BCUT2D eigenvalue weighted by atomic mass is 9.97. The molecule has 0 spiro atoms. The van der Waals surface area contributed by atoms with Crippen molar-refractivity contribution >= 4 is 5.69 Å². The van der Waals surface area contributed by atoms with Gasteiger partial charge in [-0.25, -0.2) is 0 Å². The molecule has 1 heterocycles. The third kappa shape index (κ3) is 3.49. The quantitative estimate of drug-likeness (QED) is 0.824. The van der Waals surface area contributed by atoms with Gasteiger partial charge < -0.3 is 5.73 Å². The molecule has 1 aromatic carbocycles. The van der Waals surface area contributed by atoms with Crippen LogP contribution in [0.2, 0.25) is 0 Å². The molecule has 1 fully saturated rings. The van der Waals surface area contributed by atoms with E-state index in [1.807, 2.05) is 12.1 Å². The van der Waals surface area contributed by atoms with E-state index in [9.17, 15) is 0 Å². The van der Waals surface area contributed by atoms with E-state index in [-0.39, 0.29) is 0 Å². The number of anilines is 1. The lowest BCUT2D eigenvalue weighted by Crippen LogP contribution is -2.44. The van der Waals surface area contributed by atoms with Crippen molar-refractivity contribution in [3.63, 3.8) is 0 Å². The molecular formula is C16H26N2. The second-order valence-corrected chi connectivity index (χ2v) is 5.71. The number of likely N-dealkylation sites (tertiary alicyclic amines) is 1. The number of nitrogen functional groups attached to an aromatic ring is 1. The van der Waals surface area contributed by atoms with Crippen LogP contribution in [0.5, 0.6) is 0 Å². The first-order valence-electron chi connectivity index (χ1n) is 7.27. The average Bonchev–Trinajstić information content (AvgIpc) is 2.35. The number of aryl methyl sites for hydroxylation is 1. The Morgan fingerprint density at radius 1 is 1.11 bits per heavy atom. The predicted octanol–water partition coefficient (Wildman–Crippen LogP) is 3.46. The van der Waals surface area contributed by atoms with Crippen LogP contribution in [-0.2, 0) is 6.42 Å². The Kier molecular flexibility index (Phi) is 4.65. The fourth-order valence-corrected chi connectivity index (χ4v) is 3.07. The van der Waals surface area contributed by atoms with Crippen LogP contribution in [0.1, 0.15) is 45.1 Å². The Morgan fingerprint density at radius 2 is 1.72 bits per heavy atom. The van der Waals surface area contributed by atoms with E-state index in [0.29, 0.717) is 0 Å². The highest BCUT2D eigenvalue weighted by Crippen LogP contribution is 2.22. The summed E-state index contributed by atoms with van der Waals surface area (Å²) in [5, 5.41) is 0. The predicted molar refractivity (Wildman–Crippen MR) is 78.7 cm³/mol. The van der Waals surface area contributed by atoms with Crippen molar-refractivity contribution < 1.29 is 0 Å². The molecule has 1 aromatic rings. The molecule has 100 valence electrons. The SMILES string of the molecule is C[C@@H]1CCC[C@H](C)N1CCCc1ccc(N)cc1. The standard InChI is InChI=1S/C16H26N2/c1-13-5-3-6-14(2)18(13)12-4-7-15-8-10-16(17)11-9-15/h8-11,13-14H,3-7,12,17H2,1-2H3/t13-,14+. The Labute approximate surface area is 111 Å². The van der Waals surface area contributed by atoms with Gasteiger partial charge in [-0.15, -0.1) is 0 Å². The number of piperidine rings is 1. The molecule has 0 bridgehead atoms. The molecule has 0 aromatic heterocycles. The fourth-order valence-electron chi connectivity index (χ4n) is 3.07. The number of nitrogens with zero attached hydrogens (tertiary/aromatic N) is 1. The van der Waals surface area contributed by atoms with Crippen LogP contribution in [0.4, 0.5) is 5.69 Å². The molecule has 2 atom stereocenters. The summed E-state index contributed by atoms with van der Waals surface area (Å²) in [6.07, 6.45) is 6.55. The van der Waals surface area contributed by atoms with Crippen LogP contribution in [0.25, 0.3) is 0 Å². The van der Waals surface area contributed by atoms with Crippen molar-refractivity contribution in [2.24, 2.45) is 0 Å². The first kappa shape index (κ1) is 13.4. The van der Waals surface area contributed by atoms with Crippen LogP contribution in [0.15, 0.2) is 24.3 Å². The van der Waals surface area contributed by atoms with E-state index < -0.39 is 0 Å². The van der Waals surface area contributed by atoms with Gasteiger partial charge in [0.15, 0.2) is 0 Å². The lowest BCUT2D eigenvalue weighted by molar-refractivity contribution is 0.102. The summed E-state index contributed by atoms with van der Waals surface area (Å²) in [5.74, 6) is 0. The molecular weight excluding hydrogens is 220 g/mol. The maximum Gasteiger partial charge on any atom is 0.0314 e. The summed E-state index contributed by atoms with van der Waals surface area (Å²) in [6.45, 7) is 5.98. The molecule has 2 heteroatoms. The molecule has 1 aliphatic rings. The minimum atomic E-state index is 0.764. The lowest BCUT2D eigenvalue weighted by Gasteiger charge is -2.39. The number of hydrogen-bond acceptors (Lipinski definition) is 2. The molecule has 0 unspecified atom stereocenters. The van der Waals surface area contributed by atoms with Crippen LogP contribution in [0, 0.1) is 0 Å². The zero-order valence-electron chi connectivity index (χ0n) is 11.7. The van der Waals surface area contributed by atoms with Gasteiger partial charge >= 0.3 is 0 Å². The van der Waals surface area contributed by atoms with E-state index in [4.69, 9.17) is 5.73 Å². The minimum absolute atomic E-state index is 0.764. The summed E-state index contributed by atoms with van der Waals surface area (Å²) in [4.78, 5) is 2.68. The summed E-state index contributed by atoms with van der Waals surface area (Å²) in [7, 11) is 0. The average molecular weight is 246 g/mol. The first-order chi connectivity index (χ1) is 8.66. The number of hydrogen-bond donors (Lipinski definition) is 1. The van der Waals surface area contributed by atoms with E-state index in [0.717, 1.165) is 24.2 Å². The number of rotatable bonds is 4. The van der Waals surface area contributed by atoms with Gasteiger partial charge in [0.05, 0.1) is 0 Å². The molecule has 2 rings (SSSR count). The Bertz CT molecular complexity index is 348. The monoisotopic (exact) mass is 246 g/mol. The second-order valence-electron chi connectivity index (χ2n) is 5.71. The second kappa shape index (κ2) is 6.24. The minimum Gasteiger partial charge on any atom is -0.399 e. The zero-order valence-corrected chi connectivity index (χ0v) is 11.7.